The average molecular weight is 410 g/mol. The van der Waals surface area contributed by atoms with Crippen molar-refractivity contribution in [3.8, 4) is 5.75 Å². The molecule has 0 aromatic heterocycles. The maximum absolute atomic E-state index is 13.7. The second-order valence-corrected chi connectivity index (χ2v) is 8.41. The van der Waals surface area contributed by atoms with E-state index in [1.165, 1.54) is 37.8 Å². The first-order valence-electron chi connectivity index (χ1n) is 10.6. The molecular formula is C24H27FN2O3. The molecule has 2 aromatic rings. The van der Waals surface area contributed by atoms with Gasteiger partial charge < -0.3 is 15.4 Å². The minimum atomic E-state index is -0.514. The Morgan fingerprint density at radius 1 is 1.10 bits per heavy atom. The summed E-state index contributed by atoms with van der Waals surface area (Å²) in [7, 11) is 0. The topological polar surface area (TPSA) is 67.4 Å². The summed E-state index contributed by atoms with van der Waals surface area (Å²) in [5.41, 5.74) is 0.489. The number of hydrogen-bond donors (Lipinski definition) is 2. The fourth-order valence-electron chi connectivity index (χ4n) is 4.97. The van der Waals surface area contributed by atoms with E-state index < -0.39 is 11.7 Å². The molecule has 30 heavy (non-hydrogen) atoms. The summed E-state index contributed by atoms with van der Waals surface area (Å²) < 4.78 is 19.3. The van der Waals surface area contributed by atoms with Gasteiger partial charge in [0.25, 0.3) is 11.8 Å². The quantitative estimate of drug-likeness (QED) is 0.711. The Morgan fingerprint density at radius 2 is 1.87 bits per heavy atom. The van der Waals surface area contributed by atoms with Crippen molar-refractivity contribution in [2.45, 2.75) is 38.6 Å². The van der Waals surface area contributed by atoms with Crippen molar-refractivity contribution in [1.82, 2.24) is 5.32 Å². The van der Waals surface area contributed by atoms with Gasteiger partial charge in [0.15, 0.2) is 6.61 Å². The number of carbonyl (C=O) groups is 2. The maximum atomic E-state index is 13.7. The number of carbonyl (C=O) groups excluding carboxylic acids is 2. The predicted molar refractivity (Wildman–Crippen MR) is 113 cm³/mol. The third kappa shape index (κ3) is 4.48. The minimum Gasteiger partial charge on any atom is -0.483 e. The van der Waals surface area contributed by atoms with Crippen LogP contribution < -0.4 is 15.4 Å². The molecule has 6 heteroatoms. The van der Waals surface area contributed by atoms with Gasteiger partial charge in [0.05, 0.1) is 11.3 Å². The number of rotatable bonds is 7. The van der Waals surface area contributed by atoms with Gasteiger partial charge in [-0.15, -0.1) is 0 Å². The number of ether oxygens (including phenoxy) is 1. The Labute approximate surface area is 176 Å². The van der Waals surface area contributed by atoms with E-state index in [1.54, 1.807) is 36.4 Å². The number of para-hydroxylation sites is 2. The zero-order chi connectivity index (χ0) is 21.1. The van der Waals surface area contributed by atoms with Gasteiger partial charge in [-0.3, -0.25) is 9.59 Å². The van der Waals surface area contributed by atoms with Crippen LogP contribution in [0.4, 0.5) is 10.1 Å². The molecule has 2 aromatic carbocycles. The Kier molecular flexibility index (Phi) is 6.02. The van der Waals surface area contributed by atoms with Crippen LogP contribution in [0.25, 0.3) is 0 Å². The number of amides is 2. The summed E-state index contributed by atoms with van der Waals surface area (Å²) in [4.78, 5) is 25.0. The third-order valence-electron chi connectivity index (χ3n) is 6.43. The van der Waals surface area contributed by atoms with Crippen LogP contribution in [0.5, 0.6) is 5.75 Å². The highest BCUT2D eigenvalue weighted by atomic mass is 19.1. The normalized spacial score (nSPS) is 23.1. The van der Waals surface area contributed by atoms with Crippen molar-refractivity contribution in [3.05, 3.63) is 59.9 Å². The van der Waals surface area contributed by atoms with Crippen LogP contribution in [0, 0.1) is 23.6 Å². The number of fused-ring (bicyclic) bond motifs is 2. The van der Waals surface area contributed by atoms with Crippen LogP contribution in [-0.2, 0) is 4.79 Å². The van der Waals surface area contributed by atoms with Gasteiger partial charge in [0, 0.05) is 6.04 Å². The second-order valence-electron chi connectivity index (χ2n) is 8.41. The van der Waals surface area contributed by atoms with Crippen LogP contribution in [-0.4, -0.2) is 24.5 Å². The molecule has 0 saturated heterocycles. The summed E-state index contributed by atoms with van der Waals surface area (Å²) >= 11 is 0. The average Bonchev–Trinajstić information content (AvgIpc) is 3.38. The first-order valence-corrected chi connectivity index (χ1v) is 10.6. The van der Waals surface area contributed by atoms with Gasteiger partial charge in [-0.1, -0.05) is 30.7 Å². The number of halogens is 1. The van der Waals surface area contributed by atoms with Gasteiger partial charge in [-0.05, 0) is 68.2 Å². The van der Waals surface area contributed by atoms with Gasteiger partial charge in [-0.2, -0.15) is 0 Å². The SMILES string of the molecule is CC(NC(=O)c1ccccc1OCC(=O)Nc1ccccc1F)C1CC2CCC1C2. The maximum Gasteiger partial charge on any atom is 0.262 e. The van der Waals surface area contributed by atoms with Crippen LogP contribution in [0.2, 0.25) is 0 Å². The molecule has 4 rings (SSSR count). The van der Waals surface area contributed by atoms with Crippen LogP contribution in [0.3, 0.4) is 0 Å². The van der Waals surface area contributed by atoms with Crippen molar-refractivity contribution >= 4 is 17.5 Å². The van der Waals surface area contributed by atoms with Crippen molar-refractivity contribution in [2.24, 2.45) is 17.8 Å². The smallest absolute Gasteiger partial charge is 0.262 e. The molecule has 2 amide bonds. The highest BCUT2D eigenvalue weighted by molar-refractivity contribution is 5.97. The Bertz CT molecular complexity index is 932. The predicted octanol–water partition coefficient (Wildman–Crippen LogP) is 4.40. The molecule has 2 aliphatic carbocycles. The molecule has 4 atom stereocenters. The van der Waals surface area contributed by atoms with E-state index in [2.05, 4.69) is 17.6 Å². The molecule has 158 valence electrons. The summed E-state index contributed by atoms with van der Waals surface area (Å²) in [6, 6.07) is 12.9. The third-order valence-corrected chi connectivity index (χ3v) is 6.43. The monoisotopic (exact) mass is 410 g/mol. The van der Waals surface area contributed by atoms with Crippen molar-refractivity contribution in [3.63, 3.8) is 0 Å². The summed E-state index contributed by atoms with van der Waals surface area (Å²) in [6.07, 6.45) is 5.09. The minimum absolute atomic E-state index is 0.0943. The molecule has 0 radical (unpaired) electrons. The molecule has 4 unspecified atom stereocenters. The lowest BCUT2D eigenvalue weighted by Crippen LogP contribution is -2.40. The van der Waals surface area contributed by atoms with Gasteiger partial charge >= 0.3 is 0 Å². The van der Waals surface area contributed by atoms with E-state index in [4.69, 9.17) is 4.74 Å². The number of anilines is 1. The van der Waals surface area contributed by atoms with Gasteiger partial charge in [0.1, 0.15) is 11.6 Å². The Morgan fingerprint density at radius 3 is 2.60 bits per heavy atom. The van der Waals surface area contributed by atoms with E-state index in [0.717, 1.165) is 11.8 Å². The Balaban J connectivity index is 1.35. The molecule has 2 fully saturated rings. The summed E-state index contributed by atoms with van der Waals surface area (Å²) in [5, 5.41) is 5.60. The fourth-order valence-corrected chi connectivity index (χ4v) is 4.97. The molecule has 2 N–H and O–H groups in total. The molecule has 5 nitrogen and oxygen atoms in total. The number of nitrogens with one attached hydrogen (secondary N) is 2. The van der Waals surface area contributed by atoms with E-state index >= 15 is 0 Å². The lowest BCUT2D eigenvalue weighted by Gasteiger charge is -2.28. The second kappa shape index (κ2) is 8.86. The van der Waals surface area contributed by atoms with Crippen molar-refractivity contribution < 1.29 is 18.7 Å². The van der Waals surface area contributed by atoms with E-state index in [-0.39, 0.29) is 24.2 Å². The number of benzene rings is 2. The van der Waals surface area contributed by atoms with Crippen LogP contribution >= 0.6 is 0 Å². The standard InChI is InChI=1S/C24H27FN2O3/c1-15(19-13-16-10-11-17(19)12-16)26-24(29)18-6-2-5-9-22(18)30-14-23(28)27-21-8-4-3-7-20(21)25/h2-9,15-17,19H,10-14H2,1H3,(H,26,29)(H,27,28). The molecule has 2 aliphatic rings. The highest BCUT2D eigenvalue weighted by Gasteiger charge is 2.42. The van der Waals surface area contributed by atoms with E-state index in [0.29, 0.717) is 17.2 Å². The van der Waals surface area contributed by atoms with E-state index in [9.17, 15) is 14.0 Å². The zero-order valence-electron chi connectivity index (χ0n) is 17.1. The Hall–Kier alpha value is -2.89. The first kappa shape index (κ1) is 20.4. The molecule has 2 saturated carbocycles. The largest absolute Gasteiger partial charge is 0.483 e. The fraction of sp³-hybridized carbons (Fsp3) is 0.417. The molecule has 0 spiro atoms. The lowest BCUT2D eigenvalue weighted by molar-refractivity contribution is -0.118. The van der Waals surface area contributed by atoms with Crippen LogP contribution in [0.15, 0.2) is 48.5 Å². The molecule has 0 heterocycles. The summed E-state index contributed by atoms with van der Waals surface area (Å²) in [6.45, 7) is 1.76. The first-order chi connectivity index (χ1) is 14.5. The van der Waals surface area contributed by atoms with Crippen molar-refractivity contribution in [2.75, 3.05) is 11.9 Å². The summed E-state index contributed by atoms with van der Waals surface area (Å²) in [5.74, 6) is 1.20. The molecule has 2 bridgehead atoms. The van der Waals surface area contributed by atoms with Crippen molar-refractivity contribution in [1.29, 1.82) is 0 Å². The number of hydrogen-bond acceptors (Lipinski definition) is 3. The van der Waals surface area contributed by atoms with Gasteiger partial charge in [0.2, 0.25) is 0 Å². The van der Waals surface area contributed by atoms with Crippen LogP contribution in [0.1, 0.15) is 43.0 Å². The molecular weight excluding hydrogens is 383 g/mol. The highest BCUT2D eigenvalue weighted by Crippen LogP contribution is 2.49. The lowest BCUT2D eigenvalue weighted by atomic mass is 9.84. The zero-order valence-corrected chi connectivity index (χ0v) is 17.1. The van der Waals surface area contributed by atoms with E-state index in [1.807, 2.05) is 0 Å². The van der Waals surface area contributed by atoms with Gasteiger partial charge in [-0.25, -0.2) is 4.39 Å². The molecule has 0 aliphatic heterocycles.